The molecule has 6 nitrogen and oxygen atoms in total. The molecule has 0 aliphatic heterocycles. The maximum absolute atomic E-state index is 13.4. The third-order valence-electron chi connectivity index (χ3n) is 2.44. The lowest BCUT2D eigenvalue weighted by Crippen LogP contribution is -2.14. The standard InChI is InChI=1S/C12H8FN5O/c13-8-4-1-2-5-9(8)15-11(19)10-16-12-14-6-3-7-18(12)17-10/h1-7H,(H,15,19). The minimum absolute atomic E-state index is 0.0676. The summed E-state index contributed by atoms with van der Waals surface area (Å²) in [4.78, 5) is 19.8. The molecule has 0 atom stereocenters. The number of carbonyl (C=O) groups is 1. The van der Waals surface area contributed by atoms with Crippen LogP contribution in [0.1, 0.15) is 10.6 Å². The van der Waals surface area contributed by atoms with Crippen LogP contribution in [0.2, 0.25) is 0 Å². The molecule has 0 unspecified atom stereocenters. The smallest absolute Gasteiger partial charge is 0.295 e. The molecule has 19 heavy (non-hydrogen) atoms. The van der Waals surface area contributed by atoms with Crippen LogP contribution in [0, 0.1) is 5.82 Å². The van der Waals surface area contributed by atoms with Crippen LogP contribution in [-0.4, -0.2) is 25.5 Å². The number of rotatable bonds is 2. The van der Waals surface area contributed by atoms with Gasteiger partial charge in [-0.25, -0.2) is 13.9 Å². The summed E-state index contributed by atoms with van der Waals surface area (Å²) in [6, 6.07) is 7.55. The molecule has 0 aliphatic carbocycles. The molecule has 0 radical (unpaired) electrons. The molecule has 0 fully saturated rings. The Morgan fingerprint density at radius 1 is 1.26 bits per heavy atom. The van der Waals surface area contributed by atoms with Crippen molar-refractivity contribution in [2.24, 2.45) is 0 Å². The average molecular weight is 257 g/mol. The monoisotopic (exact) mass is 257 g/mol. The summed E-state index contributed by atoms with van der Waals surface area (Å²) < 4.78 is 14.8. The first kappa shape index (κ1) is 11.3. The van der Waals surface area contributed by atoms with Crippen LogP contribution in [0.5, 0.6) is 0 Å². The summed E-state index contributed by atoms with van der Waals surface area (Å²) in [5.74, 6) is -0.864. The van der Waals surface area contributed by atoms with Gasteiger partial charge < -0.3 is 5.32 Å². The van der Waals surface area contributed by atoms with Crippen molar-refractivity contribution in [2.75, 3.05) is 5.32 Å². The summed E-state index contributed by atoms with van der Waals surface area (Å²) in [7, 11) is 0. The molecule has 2 heterocycles. The molecule has 94 valence electrons. The summed E-state index contributed by atoms with van der Waals surface area (Å²) in [5, 5.41) is 6.35. The van der Waals surface area contributed by atoms with Crippen molar-refractivity contribution < 1.29 is 9.18 Å². The van der Waals surface area contributed by atoms with Crippen LogP contribution in [0.3, 0.4) is 0 Å². The number of fused-ring (bicyclic) bond motifs is 1. The van der Waals surface area contributed by atoms with Gasteiger partial charge in [-0.15, -0.1) is 5.10 Å². The van der Waals surface area contributed by atoms with E-state index in [1.807, 2.05) is 0 Å². The Morgan fingerprint density at radius 3 is 2.89 bits per heavy atom. The number of halogens is 1. The van der Waals surface area contributed by atoms with Gasteiger partial charge >= 0.3 is 0 Å². The highest BCUT2D eigenvalue weighted by Crippen LogP contribution is 2.13. The number of anilines is 1. The highest BCUT2D eigenvalue weighted by molar-refractivity contribution is 6.01. The molecule has 0 spiro atoms. The van der Waals surface area contributed by atoms with Crippen LogP contribution in [0.25, 0.3) is 5.78 Å². The van der Waals surface area contributed by atoms with Gasteiger partial charge in [0.25, 0.3) is 11.7 Å². The van der Waals surface area contributed by atoms with Crippen molar-refractivity contribution in [1.82, 2.24) is 19.6 Å². The van der Waals surface area contributed by atoms with Crippen LogP contribution in [-0.2, 0) is 0 Å². The molecule has 2 aromatic heterocycles. The summed E-state index contributed by atoms with van der Waals surface area (Å²) >= 11 is 0. The van der Waals surface area contributed by atoms with Gasteiger partial charge in [0.2, 0.25) is 5.82 Å². The first-order valence-corrected chi connectivity index (χ1v) is 5.47. The summed E-state index contributed by atoms with van der Waals surface area (Å²) in [6.07, 6.45) is 3.16. The van der Waals surface area contributed by atoms with E-state index in [0.29, 0.717) is 5.78 Å². The fourth-order valence-corrected chi connectivity index (χ4v) is 1.57. The molecular formula is C12H8FN5O. The molecular weight excluding hydrogens is 249 g/mol. The topological polar surface area (TPSA) is 72.2 Å². The predicted molar refractivity (Wildman–Crippen MR) is 65.1 cm³/mol. The van der Waals surface area contributed by atoms with Crippen LogP contribution in [0.4, 0.5) is 10.1 Å². The van der Waals surface area contributed by atoms with Gasteiger partial charge in [0.15, 0.2) is 0 Å². The molecule has 1 N–H and O–H groups in total. The zero-order chi connectivity index (χ0) is 13.2. The predicted octanol–water partition coefficient (Wildman–Crippen LogP) is 1.52. The van der Waals surface area contributed by atoms with Crippen molar-refractivity contribution in [3.63, 3.8) is 0 Å². The Bertz CT molecular complexity index is 721. The number of para-hydroxylation sites is 1. The van der Waals surface area contributed by atoms with E-state index >= 15 is 0 Å². The number of carbonyl (C=O) groups excluding carboxylic acids is 1. The molecule has 0 saturated carbocycles. The van der Waals surface area contributed by atoms with Crippen LogP contribution >= 0.6 is 0 Å². The van der Waals surface area contributed by atoms with Crippen molar-refractivity contribution in [3.05, 3.63) is 54.4 Å². The van der Waals surface area contributed by atoms with E-state index < -0.39 is 11.7 Å². The number of hydrogen-bond donors (Lipinski definition) is 1. The van der Waals surface area contributed by atoms with Gasteiger partial charge in [0, 0.05) is 12.4 Å². The summed E-state index contributed by atoms with van der Waals surface area (Å²) in [6.45, 7) is 0. The van der Waals surface area contributed by atoms with Gasteiger partial charge in [-0.05, 0) is 18.2 Å². The second kappa shape index (κ2) is 4.45. The number of amides is 1. The zero-order valence-corrected chi connectivity index (χ0v) is 9.62. The lowest BCUT2D eigenvalue weighted by Gasteiger charge is -2.02. The number of hydrogen-bond acceptors (Lipinski definition) is 4. The second-order valence-corrected chi connectivity index (χ2v) is 3.73. The maximum Gasteiger partial charge on any atom is 0.295 e. The first-order chi connectivity index (χ1) is 9.24. The second-order valence-electron chi connectivity index (χ2n) is 3.73. The number of aromatic nitrogens is 4. The van der Waals surface area contributed by atoms with E-state index in [1.165, 1.54) is 22.7 Å². The normalized spacial score (nSPS) is 10.6. The summed E-state index contributed by atoms with van der Waals surface area (Å²) in [5.41, 5.74) is 0.0827. The maximum atomic E-state index is 13.4. The molecule has 1 aromatic carbocycles. The Labute approximate surface area is 106 Å². The zero-order valence-electron chi connectivity index (χ0n) is 9.62. The molecule has 0 saturated heterocycles. The number of nitrogens with one attached hydrogen (secondary N) is 1. The van der Waals surface area contributed by atoms with E-state index in [0.717, 1.165) is 0 Å². The van der Waals surface area contributed by atoms with E-state index in [2.05, 4.69) is 20.4 Å². The highest BCUT2D eigenvalue weighted by Gasteiger charge is 2.14. The number of benzene rings is 1. The van der Waals surface area contributed by atoms with Gasteiger partial charge in [0.05, 0.1) is 5.69 Å². The Morgan fingerprint density at radius 2 is 2.11 bits per heavy atom. The number of nitrogens with zero attached hydrogens (tertiary/aromatic N) is 4. The largest absolute Gasteiger partial charge is 0.317 e. The minimum atomic E-state index is -0.587. The van der Waals surface area contributed by atoms with E-state index in [-0.39, 0.29) is 11.5 Å². The van der Waals surface area contributed by atoms with Gasteiger partial charge in [-0.1, -0.05) is 12.1 Å². The van der Waals surface area contributed by atoms with E-state index in [1.54, 1.807) is 24.5 Å². The van der Waals surface area contributed by atoms with Gasteiger partial charge in [-0.2, -0.15) is 4.98 Å². The fraction of sp³-hybridized carbons (Fsp3) is 0. The lowest BCUT2D eigenvalue weighted by molar-refractivity contribution is 0.101. The lowest BCUT2D eigenvalue weighted by atomic mass is 10.3. The van der Waals surface area contributed by atoms with Crippen molar-refractivity contribution >= 4 is 17.4 Å². The van der Waals surface area contributed by atoms with Crippen LogP contribution in [0.15, 0.2) is 42.7 Å². The van der Waals surface area contributed by atoms with Crippen molar-refractivity contribution in [2.45, 2.75) is 0 Å². The first-order valence-electron chi connectivity index (χ1n) is 5.47. The van der Waals surface area contributed by atoms with E-state index in [4.69, 9.17) is 0 Å². The van der Waals surface area contributed by atoms with Gasteiger partial charge in [-0.3, -0.25) is 4.79 Å². The molecule has 3 rings (SSSR count). The Hall–Kier alpha value is -2.83. The van der Waals surface area contributed by atoms with Crippen molar-refractivity contribution in [3.8, 4) is 0 Å². The molecule has 1 amide bonds. The third kappa shape index (κ3) is 2.13. The van der Waals surface area contributed by atoms with E-state index in [9.17, 15) is 9.18 Å². The highest BCUT2D eigenvalue weighted by atomic mass is 19.1. The van der Waals surface area contributed by atoms with Crippen LogP contribution < -0.4 is 5.32 Å². The molecule has 0 aliphatic rings. The molecule has 0 bridgehead atoms. The van der Waals surface area contributed by atoms with Gasteiger partial charge in [0.1, 0.15) is 5.82 Å². The minimum Gasteiger partial charge on any atom is -0.317 e. The average Bonchev–Trinajstić information content (AvgIpc) is 2.85. The fourth-order valence-electron chi connectivity index (χ4n) is 1.57. The Kier molecular flexibility index (Phi) is 2.64. The molecule has 7 heteroatoms. The molecule has 3 aromatic rings. The Balaban J connectivity index is 1.90. The third-order valence-corrected chi connectivity index (χ3v) is 2.44. The van der Waals surface area contributed by atoms with Crippen molar-refractivity contribution in [1.29, 1.82) is 0 Å². The SMILES string of the molecule is O=C(Nc1ccccc1F)c1nc2ncccn2n1. The quantitative estimate of drug-likeness (QED) is 0.755.